The Balaban J connectivity index is 1.69. The number of carbonyl (C=O) groups is 2. The van der Waals surface area contributed by atoms with Gasteiger partial charge in [0.2, 0.25) is 0 Å². The van der Waals surface area contributed by atoms with Crippen molar-refractivity contribution in [3.63, 3.8) is 0 Å². The summed E-state index contributed by atoms with van der Waals surface area (Å²) >= 11 is 0. The smallest absolute Gasteiger partial charge is 0.335 e. The lowest BCUT2D eigenvalue weighted by Gasteiger charge is -2.48. The van der Waals surface area contributed by atoms with Crippen LogP contribution in [-0.2, 0) is 19.1 Å². The maximum Gasteiger partial charge on any atom is 0.335 e. The number of rotatable bonds is 5. The third kappa shape index (κ3) is 4.05. The predicted octanol–water partition coefficient (Wildman–Crippen LogP) is 4.01. The minimum Gasteiger partial charge on any atom is -0.467 e. The van der Waals surface area contributed by atoms with E-state index in [1.54, 1.807) is 49.5 Å². The van der Waals surface area contributed by atoms with Crippen LogP contribution in [0.4, 0.5) is 8.78 Å². The lowest BCUT2D eigenvalue weighted by molar-refractivity contribution is -0.200. The highest BCUT2D eigenvalue weighted by molar-refractivity contribution is 5.89. The van der Waals surface area contributed by atoms with Crippen molar-refractivity contribution in [2.45, 2.75) is 38.4 Å². The van der Waals surface area contributed by atoms with Crippen LogP contribution >= 0.6 is 0 Å². The Hall–Kier alpha value is -3.64. The third-order valence-corrected chi connectivity index (χ3v) is 7.51. The molecule has 9 heteroatoms. The summed E-state index contributed by atoms with van der Waals surface area (Å²) in [4.78, 5) is 29.4. The number of carbonyl (C=O) groups excluding carboxylic acids is 2. The molecular weight excluding hydrogens is 470 g/mol. The van der Waals surface area contributed by atoms with Crippen LogP contribution in [-0.4, -0.2) is 47.3 Å². The van der Waals surface area contributed by atoms with Crippen LogP contribution in [0.3, 0.4) is 0 Å². The highest BCUT2D eigenvalue weighted by atomic mass is 19.3. The summed E-state index contributed by atoms with van der Waals surface area (Å²) in [7, 11) is 1.02. The first-order chi connectivity index (χ1) is 17.1. The maximum atomic E-state index is 15.3. The summed E-state index contributed by atoms with van der Waals surface area (Å²) in [5.41, 5.74) is 0.300. The van der Waals surface area contributed by atoms with Gasteiger partial charge < -0.3 is 14.6 Å². The first-order valence-corrected chi connectivity index (χ1v) is 11.6. The number of nitriles is 1. The van der Waals surface area contributed by atoms with Crippen molar-refractivity contribution in [1.29, 1.82) is 5.26 Å². The van der Waals surface area contributed by atoms with Gasteiger partial charge in [0.05, 0.1) is 24.4 Å². The van der Waals surface area contributed by atoms with Gasteiger partial charge in [-0.25, -0.2) is 13.6 Å². The molecule has 36 heavy (non-hydrogen) atoms. The SMILES string of the molecule is COC(=O)C(O)[C@@]12CC(F)(F)[C@@H](C)[C@H](/C=C/c3ccc(-c4ccccc4C#N)cn3)[C@@H]1[C@@H](C)OC2=O. The van der Waals surface area contributed by atoms with E-state index in [1.807, 2.05) is 12.1 Å². The average molecular weight is 497 g/mol. The second-order valence-electron chi connectivity index (χ2n) is 9.39. The van der Waals surface area contributed by atoms with Crippen LogP contribution in [0, 0.1) is 34.5 Å². The van der Waals surface area contributed by atoms with Gasteiger partial charge >= 0.3 is 11.9 Å². The summed E-state index contributed by atoms with van der Waals surface area (Å²) in [5.74, 6) is -8.53. The van der Waals surface area contributed by atoms with Crippen LogP contribution in [0.15, 0.2) is 48.7 Å². The largest absolute Gasteiger partial charge is 0.467 e. The number of hydrogen-bond donors (Lipinski definition) is 1. The normalized spacial score (nSPS) is 29.8. The number of ether oxygens (including phenoxy) is 2. The minimum absolute atomic E-state index is 0.478. The van der Waals surface area contributed by atoms with Crippen LogP contribution in [0.5, 0.6) is 0 Å². The Morgan fingerprint density at radius 2 is 2.03 bits per heavy atom. The number of benzene rings is 1. The van der Waals surface area contributed by atoms with Gasteiger partial charge in [-0.3, -0.25) is 9.78 Å². The molecule has 188 valence electrons. The molecule has 1 saturated carbocycles. The number of hydrogen-bond acceptors (Lipinski definition) is 7. The zero-order valence-electron chi connectivity index (χ0n) is 20.0. The van der Waals surface area contributed by atoms with Crippen molar-refractivity contribution >= 4 is 18.0 Å². The Kier molecular flexibility index (Phi) is 6.67. The summed E-state index contributed by atoms with van der Waals surface area (Å²) in [6.07, 6.45) is 0.809. The molecule has 1 aliphatic heterocycles. The molecule has 0 bridgehead atoms. The number of halogens is 2. The van der Waals surface area contributed by atoms with Gasteiger partial charge in [0.15, 0.2) is 6.10 Å². The quantitative estimate of drug-likeness (QED) is 0.623. The van der Waals surface area contributed by atoms with Crippen molar-refractivity contribution in [3.8, 4) is 17.2 Å². The average Bonchev–Trinajstić information content (AvgIpc) is 3.12. The van der Waals surface area contributed by atoms with Gasteiger partial charge in [-0.15, -0.1) is 0 Å². The number of aromatic nitrogens is 1. The summed E-state index contributed by atoms with van der Waals surface area (Å²) in [5, 5.41) is 20.1. The molecule has 6 atom stereocenters. The molecule has 2 aliphatic rings. The van der Waals surface area contributed by atoms with Crippen molar-refractivity contribution in [1.82, 2.24) is 4.98 Å². The summed E-state index contributed by atoms with van der Waals surface area (Å²) < 4.78 is 40.4. The number of nitrogens with zero attached hydrogens (tertiary/aromatic N) is 2. The first-order valence-electron chi connectivity index (χ1n) is 11.6. The molecule has 4 rings (SSSR count). The third-order valence-electron chi connectivity index (χ3n) is 7.51. The van der Waals surface area contributed by atoms with E-state index in [4.69, 9.17) is 4.74 Å². The molecule has 7 nitrogen and oxygen atoms in total. The molecule has 1 aliphatic carbocycles. The molecule has 2 fully saturated rings. The van der Waals surface area contributed by atoms with Crippen molar-refractivity contribution in [3.05, 3.63) is 59.9 Å². The van der Waals surface area contributed by atoms with E-state index in [2.05, 4.69) is 15.8 Å². The molecular formula is C27H26F2N2O5. The summed E-state index contributed by atoms with van der Waals surface area (Å²) in [6, 6.07) is 12.7. The van der Waals surface area contributed by atoms with Crippen molar-refractivity contribution in [2.75, 3.05) is 7.11 Å². The molecule has 0 spiro atoms. The Bertz CT molecular complexity index is 1240. The van der Waals surface area contributed by atoms with Gasteiger partial charge in [-0.05, 0) is 31.1 Å². The van der Waals surface area contributed by atoms with Gasteiger partial charge in [0.1, 0.15) is 11.5 Å². The van der Waals surface area contributed by atoms with Gasteiger partial charge in [-0.2, -0.15) is 5.26 Å². The summed E-state index contributed by atoms with van der Waals surface area (Å²) in [6.45, 7) is 2.96. The van der Waals surface area contributed by atoms with Gasteiger partial charge in [-0.1, -0.05) is 37.3 Å². The molecule has 1 aromatic carbocycles. The van der Waals surface area contributed by atoms with Crippen LogP contribution < -0.4 is 0 Å². The predicted molar refractivity (Wildman–Crippen MR) is 125 cm³/mol. The molecule has 0 radical (unpaired) electrons. The van der Waals surface area contributed by atoms with Crippen molar-refractivity contribution < 1.29 is 33.0 Å². The number of cyclic esters (lactones) is 1. The number of esters is 2. The highest BCUT2D eigenvalue weighted by Gasteiger charge is 2.72. The van der Waals surface area contributed by atoms with E-state index in [0.717, 1.165) is 18.2 Å². The molecule has 1 aromatic heterocycles. The maximum absolute atomic E-state index is 15.3. The zero-order valence-corrected chi connectivity index (χ0v) is 20.0. The number of alkyl halides is 2. The standard InChI is InChI=1S/C27H26F2N2O5/c1-15-20(11-10-19-9-8-18(13-31-19)21-7-5-4-6-17(21)12-30)22-16(2)36-25(34)26(22,14-27(15,28)29)23(32)24(33)35-3/h4-11,13,15-16,20,22-23,32H,14H2,1-3H3/b11-10+/t15-,16+,20-,22-,23?,26+/m0/s1. The van der Waals surface area contributed by atoms with E-state index in [1.165, 1.54) is 6.92 Å². The second kappa shape index (κ2) is 9.43. The Labute approximate surface area is 207 Å². The molecule has 2 aromatic rings. The number of pyridine rings is 1. The molecule has 1 N–H and O–H groups in total. The molecule has 1 unspecified atom stereocenters. The minimum atomic E-state index is -3.36. The fourth-order valence-electron chi connectivity index (χ4n) is 5.60. The zero-order chi connectivity index (χ0) is 26.3. The topological polar surface area (TPSA) is 110 Å². The first kappa shape index (κ1) is 25.5. The number of aliphatic hydroxyl groups excluding tert-OH is 1. The van der Waals surface area contributed by atoms with Crippen LogP contribution in [0.2, 0.25) is 0 Å². The van der Waals surface area contributed by atoms with Gasteiger partial charge in [0, 0.05) is 35.6 Å². The van der Waals surface area contributed by atoms with Crippen molar-refractivity contribution in [2.24, 2.45) is 23.2 Å². The highest BCUT2D eigenvalue weighted by Crippen LogP contribution is 2.60. The van der Waals surface area contributed by atoms with E-state index in [0.29, 0.717) is 11.3 Å². The molecule has 2 heterocycles. The van der Waals surface area contributed by atoms with E-state index < -0.39 is 59.7 Å². The van der Waals surface area contributed by atoms with Crippen LogP contribution in [0.1, 0.15) is 31.5 Å². The lowest BCUT2D eigenvalue weighted by Crippen LogP contribution is -2.60. The lowest BCUT2D eigenvalue weighted by atomic mass is 9.54. The number of allylic oxidation sites excluding steroid dienone is 1. The molecule has 1 saturated heterocycles. The second-order valence-corrected chi connectivity index (χ2v) is 9.39. The van der Waals surface area contributed by atoms with E-state index >= 15 is 8.78 Å². The Morgan fingerprint density at radius 1 is 1.31 bits per heavy atom. The fraction of sp³-hybridized carbons (Fsp3) is 0.407. The monoisotopic (exact) mass is 496 g/mol. The van der Waals surface area contributed by atoms with Crippen LogP contribution in [0.25, 0.3) is 17.2 Å². The number of fused-ring (bicyclic) bond motifs is 1. The number of methoxy groups -OCH3 is 1. The van der Waals surface area contributed by atoms with Gasteiger partial charge in [0.25, 0.3) is 5.92 Å². The van der Waals surface area contributed by atoms with E-state index in [9.17, 15) is 20.0 Å². The fourth-order valence-corrected chi connectivity index (χ4v) is 5.60. The number of aliphatic hydroxyl groups is 1. The molecule has 0 amide bonds. The Morgan fingerprint density at radius 3 is 2.67 bits per heavy atom. The van der Waals surface area contributed by atoms with E-state index in [-0.39, 0.29) is 0 Å².